The molecule has 0 aliphatic carbocycles. The second kappa shape index (κ2) is 4.26. The predicted molar refractivity (Wildman–Crippen MR) is 53.4 cm³/mol. The molecule has 1 aromatic rings. The fraction of sp³-hybridized carbons (Fsp3) is 0.400. The van der Waals surface area contributed by atoms with Gasteiger partial charge >= 0.3 is 10.2 Å². The molecular weight excluding hydrogens is 222 g/mol. The van der Waals surface area contributed by atoms with Gasteiger partial charge in [0.15, 0.2) is 0 Å². The summed E-state index contributed by atoms with van der Waals surface area (Å²) in [7, 11) is -4.97. The average molecular weight is 234 g/mol. The lowest BCUT2D eigenvalue weighted by Gasteiger charge is -2.08. The minimum absolute atomic E-state index is 0.274. The number of hydrogen-bond acceptors (Lipinski definition) is 2. The minimum atomic E-state index is -4.97. The third-order valence-electron chi connectivity index (χ3n) is 2.30. The van der Waals surface area contributed by atoms with Crippen molar-refractivity contribution in [1.82, 2.24) is 0 Å². The summed E-state index contributed by atoms with van der Waals surface area (Å²) in [6.07, 6.45) is 0.936. The summed E-state index contributed by atoms with van der Waals surface area (Å²) in [5, 5.41) is 0. The highest BCUT2D eigenvalue weighted by molar-refractivity contribution is 7.86. The van der Waals surface area contributed by atoms with Gasteiger partial charge in [0, 0.05) is 0 Å². The molecule has 84 valence electrons. The van der Waals surface area contributed by atoms with E-state index in [2.05, 4.69) is 0 Å². The molecule has 15 heavy (non-hydrogen) atoms. The number of hydrogen-bond donors (Lipinski definition) is 0. The van der Waals surface area contributed by atoms with Crippen LogP contribution in [0.3, 0.4) is 0 Å². The van der Waals surface area contributed by atoms with E-state index in [1.54, 1.807) is 6.92 Å². The van der Waals surface area contributed by atoms with Gasteiger partial charge in [-0.2, -0.15) is 8.42 Å². The molecule has 0 fully saturated rings. The van der Waals surface area contributed by atoms with Gasteiger partial charge in [-0.1, -0.05) is 19.9 Å². The smallest absolute Gasteiger partial charge is 0.205 e. The van der Waals surface area contributed by atoms with Crippen LogP contribution in [0.15, 0.2) is 17.0 Å². The van der Waals surface area contributed by atoms with Crippen LogP contribution in [0, 0.1) is 5.82 Å². The van der Waals surface area contributed by atoms with Gasteiger partial charge in [0.2, 0.25) is 0 Å². The van der Waals surface area contributed by atoms with Gasteiger partial charge in [0.05, 0.1) is 0 Å². The summed E-state index contributed by atoms with van der Waals surface area (Å²) < 4.78 is 47.5. The average Bonchev–Trinajstić information content (AvgIpc) is 2.15. The highest BCUT2D eigenvalue weighted by Gasteiger charge is 2.21. The fourth-order valence-corrected chi connectivity index (χ4v) is 2.11. The van der Waals surface area contributed by atoms with E-state index >= 15 is 0 Å². The highest BCUT2D eigenvalue weighted by atomic mass is 32.3. The quantitative estimate of drug-likeness (QED) is 0.753. The fourth-order valence-electron chi connectivity index (χ4n) is 1.54. The summed E-state index contributed by atoms with van der Waals surface area (Å²) in [6, 6.07) is 2.43. The third-order valence-corrected chi connectivity index (χ3v) is 3.14. The molecule has 5 heteroatoms. The zero-order valence-electron chi connectivity index (χ0n) is 8.55. The first-order valence-electron chi connectivity index (χ1n) is 4.66. The molecule has 0 unspecified atom stereocenters. The van der Waals surface area contributed by atoms with Crippen molar-refractivity contribution in [3.05, 3.63) is 29.1 Å². The van der Waals surface area contributed by atoms with Crippen LogP contribution in [0.25, 0.3) is 0 Å². The molecule has 2 nitrogen and oxygen atoms in total. The first-order valence-corrected chi connectivity index (χ1v) is 6.05. The summed E-state index contributed by atoms with van der Waals surface area (Å²) >= 11 is 0. The van der Waals surface area contributed by atoms with Crippen molar-refractivity contribution in [3.63, 3.8) is 0 Å². The number of benzene rings is 1. The zero-order chi connectivity index (χ0) is 11.6. The Morgan fingerprint density at radius 2 is 1.80 bits per heavy atom. The van der Waals surface area contributed by atoms with Gasteiger partial charge in [-0.05, 0) is 30.0 Å². The van der Waals surface area contributed by atoms with Gasteiger partial charge in [-0.3, -0.25) is 0 Å². The maximum absolute atomic E-state index is 13.6. The lowest BCUT2D eigenvalue weighted by molar-refractivity contribution is 0.528. The van der Waals surface area contributed by atoms with E-state index in [1.807, 2.05) is 6.92 Å². The van der Waals surface area contributed by atoms with Crippen LogP contribution in [-0.4, -0.2) is 8.42 Å². The van der Waals surface area contributed by atoms with Crippen molar-refractivity contribution in [2.75, 3.05) is 0 Å². The Balaban J connectivity index is 3.50. The molecule has 0 bridgehead atoms. The molecule has 0 aliphatic rings. The highest BCUT2D eigenvalue weighted by Crippen LogP contribution is 2.24. The molecule has 0 radical (unpaired) electrons. The van der Waals surface area contributed by atoms with Crippen LogP contribution in [0.2, 0.25) is 0 Å². The van der Waals surface area contributed by atoms with E-state index in [0.717, 1.165) is 6.07 Å². The van der Waals surface area contributed by atoms with E-state index in [0.29, 0.717) is 18.4 Å². The van der Waals surface area contributed by atoms with Crippen molar-refractivity contribution >= 4 is 10.2 Å². The number of aryl methyl sites for hydroxylation is 1. The molecule has 0 aromatic heterocycles. The third kappa shape index (κ3) is 2.34. The van der Waals surface area contributed by atoms with Crippen molar-refractivity contribution in [2.24, 2.45) is 0 Å². The maximum Gasteiger partial charge on any atom is 0.335 e. The van der Waals surface area contributed by atoms with Gasteiger partial charge in [0.25, 0.3) is 0 Å². The molecule has 1 rings (SSSR count). The van der Waals surface area contributed by atoms with Crippen molar-refractivity contribution < 1.29 is 16.7 Å². The van der Waals surface area contributed by atoms with Gasteiger partial charge in [-0.15, -0.1) is 3.89 Å². The summed E-state index contributed by atoms with van der Waals surface area (Å²) in [6.45, 7) is 3.53. The Hall–Kier alpha value is -0.970. The van der Waals surface area contributed by atoms with Crippen LogP contribution in [0.1, 0.15) is 25.0 Å². The normalized spacial score (nSPS) is 11.7. The molecule has 0 N–H and O–H groups in total. The molecular formula is C10H12F2O2S. The molecule has 1 aromatic carbocycles. The summed E-state index contributed by atoms with van der Waals surface area (Å²) in [5.74, 6) is -0.959. The Kier molecular flexibility index (Phi) is 3.44. The largest absolute Gasteiger partial charge is 0.335 e. The maximum atomic E-state index is 13.6. The molecule has 0 saturated carbocycles. The van der Waals surface area contributed by atoms with Crippen LogP contribution in [0.4, 0.5) is 8.28 Å². The van der Waals surface area contributed by atoms with E-state index in [-0.39, 0.29) is 5.56 Å². The minimum Gasteiger partial charge on any atom is -0.205 e. The summed E-state index contributed by atoms with van der Waals surface area (Å²) in [5.41, 5.74) is 0.985. The Bertz CT molecular complexity index is 467. The molecule has 0 heterocycles. The first kappa shape index (κ1) is 12.1. The van der Waals surface area contributed by atoms with Crippen LogP contribution >= 0.6 is 0 Å². The molecule has 0 saturated heterocycles. The Morgan fingerprint density at radius 1 is 1.20 bits per heavy atom. The number of rotatable bonds is 3. The first-order chi connectivity index (χ1) is 6.91. The SMILES string of the molecule is CCc1ccc(S(=O)(=O)F)c(F)c1CC. The van der Waals surface area contributed by atoms with Crippen LogP contribution in [-0.2, 0) is 23.1 Å². The van der Waals surface area contributed by atoms with E-state index in [4.69, 9.17) is 0 Å². The van der Waals surface area contributed by atoms with E-state index in [9.17, 15) is 16.7 Å². The molecule has 0 spiro atoms. The second-order valence-corrected chi connectivity index (χ2v) is 4.48. The lowest BCUT2D eigenvalue weighted by Crippen LogP contribution is -2.03. The zero-order valence-corrected chi connectivity index (χ0v) is 9.37. The van der Waals surface area contributed by atoms with Crippen LogP contribution < -0.4 is 0 Å². The van der Waals surface area contributed by atoms with Gasteiger partial charge in [-0.25, -0.2) is 4.39 Å². The predicted octanol–water partition coefficient (Wildman–Crippen LogP) is 2.61. The van der Waals surface area contributed by atoms with E-state index < -0.39 is 20.9 Å². The van der Waals surface area contributed by atoms with Gasteiger partial charge in [0.1, 0.15) is 10.7 Å². The summed E-state index contributed by atoms with van der Waals surface area (Å²) in [4.78, 5) is -0.864. The Labute approximate surface area is 88.1 Å². The van der Waals surface area contributed by atoms with Crippen molar-refractivity contribution in [3.8, 4) is 0 Å². The number of halogens is 2. The second-order valence-electron chi connectivity index (χ2n) is 3.16. The van der Waals surface area contributed by atoms with E-state index in [1.165, 1.54) is 6.07 Å². The molecule has 0 aliphatic heterocycles. The van der Waals surface area contributed by atoms with Crippen molar-refractivity contribution in [1.29, 1.82) is 0 Å². The monoisotopic (exact) mass is 234 g/mol. The van der Waals surface area contributed by atoms with Crippen molar-refractivity contribution in [2.45, 2.75) is 31.6 Å². The van der Waals surface area contributed by atoms with Crippen LogP contribution in [0.5, 0.6) is 0 Å². The lowest BCUT2D eigenvalue weighted by atomic mass is 10.0. The molecule has 0 amide bonds. The van der Waals surface area contributed by atoms with Gasteiger partial charge < -0.3 is 0 Å². The standard InChI is InChI=1S/C10H12F2O2S/c1-3-7-5-6-9(15(12,13)14)10(11)8(7)4-2/h5-6H,3-4H2,1-2H3. The topological polar surface area (TPSA) is 34.1 Å². The molecule has 0 atom stereocenters. The Morgan fingerprint density at radius 3 is 2.20 bits per heavy atom.